The number of carboxylic acids is 1. The summed E-state index contributed by atoms with van der Waals surface area (Å²) in [6.07, 6.45) is 22.2. The number of piperidine rings is 2. The number of carbonyl (C=O) groups is 2. The van der Waals surface area contributed by atoms with Gasteiger partial charge in [-0.1, -0.05) is 88.8 Å². The Balaban J connectivity index is 0.000000192. The molecule has 4 aromatic rings. The van der Waals surface area contributed by atoms with Gasteiger partial charge in [-0.15, -0.1) is 0 Å². The van der Waals surface area contributed by atoms with Crippen LogP contribution in [0.15, 0.2) is 72.8 Å². The first-order valence-corrected chi connectivity index (χ1v) is 25.5. The minimum absolute atomic E-state index is 0.0228. The molecule has 2 aliphatic carbocycles. The quantitative estimate of drug-likeness (QED) is 0.105. The van der Waals surface area contributed by atoms with E-state index in [1.807, 2.05) is 6.92 Å². The van der Waals surface area contributed by atoms with Gasteiger partial charge in [-0.2, -0.15) is 0 Å². The third kappa shape index (κ3) is 14.2. The van der Waals surface area contributed by atoms with Crippen molar-refractivity contribution in [2.24, 2.45) is 23.7 Å². The summed E-state index contributed by atoms with van der Waals surface area (Å²) in [7, 11) is 0. The van der Waals surface area contributed by atoms with Crippen molar-refractivity contribution in [2.75, 3.05) is 32.8 Å². The average molecular weight is 875 g/mol. The van der Waals surface area contributed by atoms with E-state index in [1.54, 1.807) is 0 Å². The summed E-state index contributed by atoms with van der Waals surface area (Å²) in [6.45, 7) is 12.4. The standard InChI is InChI=1S/C29H41NO3.C27H37NO3/c1-3-5-6-22-8-12-27(13-9-22)33-28-14-11-25-19-23(7-10-26(25)20-28)21-30-17-15-24(16-18-30)29(31)32-4-2;1-2-3-4-20-6-10-25(11-7-20)31-26-12-9-23-17-21(5-8-24(23)18-26)19-28-15-13-22(14-16-28)27(29)30/h7,10-11,14,19-20,22,24,27H,3-6,8-9,12-13,15-18,21H2,1-2H3;5,8-9,12,17-18,20,22,25H,2-4,6-7,10-11,13-16,19H2,1H3,(H,29,30). The van der Waals surface area contributed by atoms with Gasteiger partial charge in [0.15, 0.2) is 0 Å². The first-order chi connectivity index (χ1) is 31.2. The molecule has 0 bridgehead atoms. The number of nitrogens with zero attached hydrogens (tertiary/aromatic N) is 2. The molecule has 0 spiro atoms. The van der Waals surface area contributed by atoms with Crippen LogP contribution in [0, 0.1) is 23.7 Å². The number of likely N-dealkylation sites (tertiary alicyclic amines) is 2. The van der Waals surface area contributed by atoms with Crippen LogP contribution in [0.1, 0.15) is 147 Å². The summed E-state index contributed by atoms with van der Waals surface area (Å²) in [5, 5.41) is 14.2. The van der Waals surface area contributed by atoms with E-state index in [2.05, 4.69) is 96.4 Å². The van der Waals surface area contributed by atoms with Crippen LogP contribution in [-0.2, 0) is 27.4 Å². The van der Waals surface area contributed by atoms with Gasteiger partial charge in [0.2, 0.25) is 0 Å². The monoisotopic (exact) mass is 875 g/mol. The van der Waals surface area contributed by atoms with E-state index in [0.29, 0.717) is 18.8 Å². The number of benzene rings is 4. The van der Waals surface area contributed by atoms with Gasteiger partial charge in [-0.3, -0.25) is 19.4 Å². The highest BCUT2D eigenvalue weighted by Crippen LogP contribution is 2.34. The maximum absolute atomic E-state index is 12.0. The summed E-state index contributed by atoms with van der Waals surface area (Å²) < 4.78 is 17.9. The highest BCUT2D eigenvalue weighted by atomic mass is 16.5. The summed E-state index contributed by atoms with van der Waals surface area (Å²) in [4.78, 5) is 27.9. The zero-order chi connectivity index (χ0) is 44.7. The lowest BCUT2D eigenvalue weighted by atomic mass is 9.84. The molecule has 348 valence electrons. The molecule has 0 atom stereocenters. The molecule has 4 aliphatic rings. The van der Waals surface area contributed by atoms with Crippen molar-refractivity contribution in [2.45, 2.75) is 162 Å². The third-order valence-corrected chi connectivity index (χ3v) is 14.8. The summed E-state index contributed by atoms with van der Waals surface area (Å²) >= 11 is 0. The van der Waals surface area contributed by atoms with Crippen molar-refractivity contribution in [3.8, 4) is 11.5 Å². The van der Waals surface area contributed by atoms with Crippen molar-refractivity contribution in [1.29, 1.82) is 0 Å². The van der Waals surface area contributed by atoms with E-state index in [-0.39, 0.29) is 17.8 Å². The highest BCUT2D eigenvalue weighted by molar-refractivity contribution is 5.85. The van der Waals surface area contributed by atoms with Gasteiger partial charge in [0.1, 0.15) is 11.5 Å². The fourth-order valence-corrected chi connectivity index (χ4v) is 10.8. The number of unbranched alkanes of at least 4 members (excludes halogenated alkanes) is 2. The van der Waals surface area contributed by atoms with Crippen LogP contribution in [-0.4, -0.2) is 71.8 Å². The van der Waals surface area contributed by atoms with E-state index >= 15 is 0 Å². The van der Waals surface area contributed by atoms with Crippen LogP contribution in [0.2, 0.25) is 0 Å². The molecule has 2 saturated carbocycles. The molecule has 4 aromatic carbocycles. The molecule has 0 unspecified atom stereocenters. The molecule has 8 rings (SSSR count). The molecule has 2 heterocycles. The fourth-order valence-electron chi connectivity index (χ4n) is 10.8. The lowest BCUT2D eigenvalue weighted by Crippen LogP contribution is -2.36. The van der Waals surface area contributed by atoms with Gasteiger partial charge < -0.3 is 19.3 Å². The van der Waals surface area contributed by atoms with Gasteiger partial charge in [0, 0.05) is 13.1 Å². The van der Waals surface area contributed by atoms with E-state index in [0.717, 1.165) is 88.3 Å². The van der Waals surface area contributed by atoms with Crippen molar-refractivity contribution in [3.05, 3.63) is 83.9 Å². The number of aliphatic carboxylic acids is 1. The zero-order valence-corrected chi connectivity index (χ0v) is 39.5. The smallest absolute Gasteiger partial charge is 0.309 e. The zero-order valence-electron chi connectivity index (χ0n) is 39.5. The second-order valence-electron chi connectivity index (χ2n) is 19.7. The molecular weight excluding hydrogens is 797 g/mol. The molecule has 8 heteroatoms. The Labute approximate surface area is 384 Å². The van der Waals surface area contributed by atoms with Crippen LogP contribution in [0.25, 0.3) is 21.5 Å². The van der Waals surface area contributed by atoms with Gasteiger partial charge in [0.25, 0.3) is 0 Å². The van der Waals surface area contributed by atoms with Gasteiger partial charge in [0.05, 0.1) is 30.7 Å². The molecule has 64 heavy (non-hydrogen) atoms. The third-order valence-electron chi connectivity index (χ3n) is 14.8. The number of fused-ring (bicyclic) bond motifs is 2. The lowest BCUT2D eigenvalue weighted by Gasteiger charge is -2.30. The van der Waals surface area contributed by atoms with Crippen molar-refractivity contribution < 1.29 is 28.9 Å². The first kappa shape index (κ1) is 47.8. The Kier molecular flexibility index (Phi) is 18.2. The topological polar surface area (TPSA) is 88.5 Å². The van der Waals surface area contributed by atoms with Gasteiger partial charge >= 0.3 is 11.9 Å². The van der Waals surface area contributed by atoms with Crippen molar-refractivity contribution in [1.82, 2.24) is 9.80 Å². The molecule has 4 fully saturated rings. The van der Waals surface area contributed by atoms with Gasteiger partial charge in [-0.05, 0) is 191 Å². The normalized spacial score (nSPS) is 22.7. The molecule has 8 nitrogen and oxygen atoms in total. The Hall–Kier alpha value is -4.14. The number of ether oxygens (including phenoxy) is 3. The first-order valence-electron chi connectivity index (χ1n) is 25.5. The SMILES string of the molecule is CCCCC1CCC(Oc2ccc3cc(CN4CCC(C(=O)O)CC4)ccc3c2)CC1.CCCCC1CCC(Oc2ccc3cc(CN4CCC(C(=O)OCC)CC4)ccc3c2)CC1. The predicted molar refractivity (Wildman–Crippen MR) is 260 cm³/mol. The maximum atomic E-state index is 12.0. The number of hydrogen-bond acceptors (Lipinski definition) is 7. The number of esters is 1. The Morgan fingerprint density at radius 3 is 1.34 bits per heavy atom. The number of carboxylic acid groups (broad SMARTS) is 1. The van der Waals surface area contributed by atoms with Crippen molar-refractivity contribution in [3.63, 3.8) is 0 Å². The Morgan fingerprint density at radius 2 is 0.938 bits per heavy atom. The molecular formula is C56H78N2O6. The van der Waals surface area contributed by atoms with E-state index in [1.165, 1.54) is 123 Å². The van der Waals surface area contributed by atoms with E-state index in [4.69, 9.17) is 14.2 Å². The second kappa shape index (κ2) is 24.4. The summed E-state index contributed by atoms with van der Waals surface area (Å²) in [5.74, 6) is 3.06. The molecule has 0 aromatic heterocycles. The average Bonchev–Trinajstić information content (AvgIpc) is 3.32. The minimum atomic E-state index is -0.645. The maximum Gasteiger partial charge on any atom is 0.309 e. The van der Waals surface area contributed by atoms with Crippen LogP contribution in [0.3, 0.4) is 0 Å². The fraction of sp³-hybridized carbons (Fsp3) is 0.607. The molecule has 0 amide bonds. The Bertz CT molecular complexity index is 2050. The molecule has 0 radical (unpaired) electrons. The number of rotatable bonds is 17. The largest absolute Gasteiger partial charge is 0.490 e. The molecule has 2 aliphatic heterocycles. The molecule has 1 N–H and O–H groups in total. The van der Waals surface area contributed by atoms with Crippen LogP contribution in [0.5, 0.6) is 11.5 Å². The molecule has 2 saturated heterocycles. The second-order valence-corrected chi connectivity index (χ2v) is 19.7. The summed E-state index contributed by atoms with van der Waals surface area (Å²) in [5.41, 5.74) is 2.62. The number of carbonyl (C=O) groups excluding carboxylic acids is 1. The minimum Gasteiger partial charge on any atom is -0.490 e. The Morgan fingerprint density at radius 1 is 0.531 bits per heavy atom. The van der Waals surface area contributed by atoms with E-state index < -0.39 is 5.97 Å². The lowest BCUT2D eigenvalue weighted by molar-refractivity contribution is -0.149. The van der Waals surface area contributed by atoms with Crippen LogP contribution >= 0.6 is 0 Å². The van der Waals surface area contributed by atoms with Crippen molar-refractivity contribution >= 4 is 33.5 Å². The highest BCUT2D eigenvalue weighted by Gasteiger charge is 2.27. The predicted octanol–water partition coefficient (Wildman–Crippen LogP) is 13.0. The van der Waals surface area contributed by atoms with Crippen LogP contribution < -0.4 is 9.47 Å². The van der Waals surface area contributed by atoms with E-state index in [9.17, 15) is 14.7 Å². The number of hydrogen-bond donors (Lipinski definition) is 1. The van der Waals surface area contributed by atoms with Crippen LogP contribution in [0.4, 0.5) is 0 Å². The van der Waals surface area contributed by atoms with Gasteiger partial charge in [-0.25, -0.2) is 0 Å². The summed E-state index contributed by atoms with van der Waals surface area (Å²) in [6, 6.07) is 26.5.